The first-order chi connectivity index (χ1) is 7.15. The number of aliphatic hydroxyl groups is 1. The molecule has 0 aromatic heterocycles. The van der Waals surface area contributed by atoms with Gasteiger partial charge in [0.05, 0.1) is 0 Å². The average Bonchev–Trinajstić information content (AvgIpc) is 2.21. The standard InChI is InChI=1S/C13H27NO/c1-10-6-4-7-11(2)13(10)14-12(3)8-5-9-15/h10-15H,4-9H2,1-3H3/t10-,11+,12-,13?/m1/s1. The zero-order chi connectivity index (χ0) is 11.3. The van der Waals surface area contributed by atoms with Gasteiger partial charge < -0.3 is 10.4 Å². The van der Waals surface area contributed by atoms with Crippen LogP contribution in [0.2, 0.25) is 0 Å². The Morgan fingerprint density at radius 3 is 2.40 bits per heavy atom. The molecular weight excluding hydrogens is 186 g/mol. The number of rotatable bonds is 5. The van der Waals surface area contributed by atoms with Gasteiger partial charge in [-0.2, -0.15) is 0 Å². The Morgan fingerprint density at radius 1 is 1.27 bits per heavy atom. The summed E-state index contributed by atoms with van der Waals surface area (Å²) in [5, 5.41) is 12.5. The maximum Gasteiger partial charge on any atom is 0.0431 e. The van der Waals surface area contributed by atoms with E-state index in [1.54, 1.807) is 0 Å². The summed E-state index contributed by atoms with van der Waals surface area (Å²) in [6.07, 6.45) is 6.14. The molecule has 0 aliphatic heterocycles. The average molecular weight is 213 g/mol. The Hall–Kier alpha value is -0.0800. The summed E-state index contributed by atoms with van der Waals surface area (Å²) in [5.41, 5.74) is 0. The maximum atomic E-state index is 8.80. The monoisotopic (exact) mass is 213 g/mol. The lowest BCUT2D eigenvalue weighted by atomic mass is 9.78. The van der Waals surface area contributed by atoms with Crippen molar-refractivity contribution in [1.29, 1.82) is 0 Å². The fourth-order valence-corrected chi connectivity index (χ4v) is 2.82. The van der Waals surface area contributed by atoms with Gasteiger partial charge in [0.15, 0.2) is 0 Å². The highest BCUT2D eigenvalue weighted by Gasteiger charge is 2.28. The van der Waals surface area contributed by atoms with Crippen LogP contribution in [0, 0.1) is 11.8 Å². The SMILES string of the molecule is C[C@H](CCCO)NC1[C@H](C)CCC[C@@H]1C. The van der Waals surface area contributed by atoms with Gasteiger partial charge in [0, 0.05) is 18.7 Å². The minimum absolute atomic E-state index is 0.321. The number of hydrogen-bond acceptors (Lipinski definition) is 2. The Bertz CT molecular complexity index is 162. The van der Waals surface area contributed by atoms with Crippen LogP contribution in [0.25, 0.3) is 0 Å². The number of hydrogen-bond donors (Lipinski definition) is 2. The summed E-state index contributed by atoms with van der Waals surface area (Å²) in [6.45, 7) is 7.30. The molecular formula is C13H27NO. The van der Waals surface area contributed by atoms with Crippen molar-refractivity contribution in [3.05, 3.63) is 0 Å². The minimum Gasteiger partial charge on any atom is -0.396 e. The maximum absolute atomic E-state index is 8.80. The lowest BCUT2D eigenvalue weighted by molar-refractivity contribution is 0.188. The molecule has 1 unspecified atom stereocenters. The van der Waals surface area contributed by atoms with Crippen LogP contribution in [-0.2, 0) is 0 Å². The highest BCUT2D eigenvalue weighted by Crippen LogP contribution is 2.29. The van der Waals surface area contributed by atoms with Crippen LogP contribution >= 0.6 is 0 Å². The summed E-state index contributed by atoms with van der Waals surface area (Å²) in [5.74, 6) is 1.62. The quantitative estimate of drug-likeness (QED) is 0.735. The van der Waals surface area contributed by atoms with Gasteiger partial charge in [-0.05, 0) is 44.4 Å². The third-order valence-corrected chi connectivity index (χ3v) is 3.82. The van der Waals surface area contributed by atoms with Gasteiger partial charge >= 0.3 is 0 Å². The van der Waals surface area contributed by atoms with E-state index in [-0.39, 0.29) is 0 Å². The van der Waals surface area contributed by atoms with Gasteiger partial charge in [-0.15, -0.1) is 0 Å². The number of nitrogens with one attached hydrogen (secondary N) is 1. The zero-order valence-electron chi connectivity index (χ0n) is 10.5. The molecule has 1 fully saturated rings. The fraction of sp³-hybridized carbons (Fsp3) is 1.00. The van der Waals surface area contributed by atoms with Crippen molar-refractivity contribution in [2.45, 2.75) is 65.0 Å². The predicted molar refractivity (Wildman–Crippen MR) is 64.9 cm³/mol. The van der Waals surface area contributed by atoms with Crippen LogP contribution in [0.5, 0.6) is 0 Å². The molecule has 0 heterocycles. The van der Waals surface area contributed by atoms with Crippen molar-refractivity contribution in [2.24, 2.45) is 11.8 Å². The molecule has 0 spiro atoms. The smallest absolute Gasteiger partial charge is 0.0431 e. The molecule has 0 radical (unpaired) electrons. The molecule has 2 nitrogen and oxygen atoms in total. The third kappa shape index (κ3) is 4.12. The van der Waals surface area contributed by atoms with Crippen LogP contribution in [0.15, 0.2) is 0 Å². The second-order valence-corrected chi connectivity index (χ2v) is 5.34. The summed E-state index contributed by atoms with van der Waals surface area (Å²) in [4.78, 5) is 0. The minimum atomic E-state index is 0.321. The van der Waals surface area contributed by atoms with Gasteiger partial charge in [0.25, 0.3) is 0 Å². The second-order valence-electron chi connectivity index (χ2n) is 5.34. The lowest BCUT2D eigenvalue weighted by Gasteiger charge is -2.37. The van der Waals surface area contributed by atoms with Gasteiger partial charge in [0.1, 0.15) is 0 Å². The van der Waals surface area contributed by atoms with Crippen molar-refractivity contribution in [2.75, 3.05) is 6.61 Å². The van der Waals surface area contributed by atoms with E-state index in [4.69, 9.17) is 5.11 Å². The van der Waals surface area contributed by atoms with Crippen LogP contribution in [0.3, 0.4) is 0 Å². The number of aliphatic hydroxyl groups excluding tert-OH is 1. The van der Waals surface area contributed by atoms with E-state index in [2.05, 4.69) is 26.1 Å². The van der Waals surface area contributed by atoms with Crippen LogP contribution in [-0.4, -0.2) is 23.8 Å². The van der Waals surface area contributed by atoms with E-state index < -0.39 is 0 Å². The van der Waals surface area contributed by atoms with Gasteiger partial charge in [-0.25, -0.2) is 0 Å². The highest BCUT2D eigenvalue weighted by molar-refractivity contribution is 4.84. The Labute approximate surface area is 94.5 Å². The van der Waals surface area contributed by atoms with Crippen molar-refractivity contribution in [3.8, 4) is 0 Å². The summed E-state index contributed by atoms with van der Waals surface area (Å²) in [7, 11) is 0. The van der Waals surface area contributed by atoms with Gasteiger partial charge in [-0.3, -0.25) is 0 Å². The van der Waals surface area contributed by atoms with Crippen molar-refractivity contribution < 1.29 is 5.11 Å². The molecule has 0 saturated heterocycles. The van der Waals surface area contributed by atoms with E-state index in [0.29, 0.717) is 18.7 Å². The van der Waals surface area contributed by atoms with Crippen LogP contribution in [0.1, 0.15) is 52.9 Å². The largest absolute Gasteiger partial charge is 0.396 e. The molecule has 90 valence electrons. The zero-order valence-corrected chi connectivity index (χ0v) is 10.5. The molecule has 2 N–H and O–H groups in total. The fourth-order valence-electron chi connectivity index (χ4n) is 2.82. The lowest BCUT2D eigenvalue weighted by Crippen LogP contribution is -2.46. The van der Waals surface area contributed by atoms with Crippen LogP contribution in [0.4, 0.5) is 0 Å². The van der Waals surface area contributed by atoms with E-state index in [9.17, 15) is 0 Å². The molecule has 2 heteroatoms. The molecule has 1 aliphatic carbocycles. The molecule has 0 amide bonds. The Kier molecular flexibility index (Phi) is 5.62. The van der Waals surface area contributed by atoms with E-state index in [1.165, 1.54) is 19.3 Å². The van der Waals surface area contributed by atoms with Crippen molar-refractivity contribution >= 4 is 0 Å². The van der Waals surface area contributed by atoms with E-state index >= 15 is 0 Å². The van der Waals surface area contributed by atoms with E-state index in [0.717, 1.165) is 24.7 Å². The first-order valence-electron chi connectivity index (χ1n) is 6.52. The van der Waals surface area contributed by atoms with Crippen molar-refractivity contribution in [3.63, 3.8) is 0 Å². The molecule has 1 rings (SSSR count). The van der Waals surface area contributed by atoms with E-state index in [1.807, 2.05) is 0 Å². The third-order valence-electron chi connectivity index (χ3n) is 3.82. The van der Waals surface area contributed by atoms with Gasteiger partial charge in [0.2, 0.25) is 0 Å². The first-order valence-corrected chi connectivity index (χ1v) is 6.52. The molecule has 0 bridgehead atoms. The topological polar surface area (TPSA) is 32.3 Å². The summed E-state index contributed by atoms with van der Waals surface area (Å²) in [6, 6.07) is 1.23. The molecule has 4 atom stereocenters. The van der Waals surface area contributed by atoms with Gasteiger partial charge in [-0.1, -0.05) is 20.3 Å². The molecule has 0 aromatic carbocycles. The molecule has 1 saturated carbocycles. The second kappa shape index (κ2) is 6.49. The Balaban J connectivity index is 2.33. The normalized spacial score (nSPS) is 34.0. The Morgan fingerprint density at radius 2 is 1.87 bits per heavy atom. The van der Waals surface area contributed by atoms with Crippen molar-refractivity contribution in [1.82, 2.24) is 5.32 Å². The van der Waals surface area contributed by atoms with Crippen LogP contribution < -0.4 is 5.32 Å². The first kappa shape index (κ1) is 13.0. The highest BCUT2D eigenvalue weighted by atomic mass is 16.2. The molecule has 0 aromatic rings. The molecule has 1 aliphatic rings. The summed E-state index contributed by atoms with van der Waals surface area (Å²) >= 11 is 0. The predicted octanol–water partition coefficient (Wildman–Crippen LogP) is 2.56. The molecule has 15 heavy (non-hydrogen) atoms. The summed E-state index contributed by atoms with van der Waals surface area (Å²) < 4.78 is 0.